The highest BCUT2D eigenvalue weighted by Crippen LogP contribution is 2.45. The summed E-state index contributed by atoms with van der Waals surface area (Å²) >= 11 is 0. The summed E-state index contributed by atoms with van der Waals surface area (Å²) in [6.07, 6.45) is 6.79. The molecule has 0 aromatic carbocycles. The van der Waals surface area contributed by atoms with Crippen molar-refractivity contribution < 1.29 is 9.47 Å². The Morgan fingerprint density at radius 1 is 1.05 bits per heavy atom. The maximum absolute atomic E-state index is 5.65. The third kappa shape index (κ3) is 5.49. The second kappa shape index (κ2) is 7.95. The first-order chi connectivity index (χ1) is 9.33. The Hall–Kier alpha value is 0.137. The highest BCUT2D eigenvalue weighted by molar-refractivity contribution is 6.76. The number of hydrogen-bond donors (Lipinski definition) is 0. The van der Waals surface area contributed by atoms with E-state index in [1.165, 1.54) is 38.1 Å². The van der Waals surface area contributed by atoms with Gasteiger partial charge in [-0.2, -0.15) is 0 Å². The first-order valence-corrected chi connectivity index (χ1v) is 12.0. The first-order valence-electron chi connectivity index (χ1n) is 8.31. The van der Waals surface area contributed by atoms with Crippen LogP contribution in [-0.4, -0.2) is 35.5 Å². The van der Waals surface area contributed by atoms with E-state index in [0.29, 0.717) is 0 Å². The molecule has 0 aliphatic heterocycles. The normalized spacial score (nSPS) is 24.9. The van der Waals surface area contributed by atoms with Gasteiger partial charge in [0.25, 0.3) is 0 Å². The summed E-state index contributed by atoms with van der Waals surface area (Å²) in [5.41, 5.74) is 0.248. The molecule has 2 unspecified atom stereocenters. The van der Waals surface area contributed by atoms with Crippen molar-refractivity contribution in [3.05, 3.63) is 0 Å². The first kappa shape index (κ1) is 18.2. The van der Waals surface area contributed by atoms with Gasteiger partial charge in [-0.3, -0.25) is 0 Å². The van der Waals surface area contributed by atoms with E-state index in [9.17, 15) is 0 Å². The van der Waals surface area contributed by atoms with Gasteiger partial charge in [-0.15, -0.1) is 0 Å². The molecular formula is C17H36O2Si. The Bertz CT molecular complexity index is 267. The molecule has 0 N–H and O–H groups in total. The van der Waals surface area contributed by atoms with Crippen LogP contribution in [0.1, 0.15) is 39.0 Å². The number of methoxy groups -OCH3 is 2. The predicted octanol–water partition coefficient (Wildman–Crippen LogP) is 4.82. The fourth-order valence-corrected chi connectivity index (χ4v) is 5.06. The molecule has 2 nitrogen and oxygen atoms in total. The van der Waals surface area contributed by atoms with Crippen LogP contribution in [0.5, 0.6) is 0 Å². The zero-order chi connectivity index (χ0) is 15.2. The lowest BCUT2D eigenvalue weighted by Crippen LogP contribution is -2.42. The van der Waals surface area contributed by atoms with Crippen LogP contribution in [0, 0.1) is 17.3 Å². The van der Waals surface area contributed by atoms with E-state index in [4.69, 9.17) is 9.47 Å². The lowest BCUT2D eigenvalue weighted by molar-refractivity contribution is -0.0487. The van der Waals surface area contributed by atoms with Crippen molar-refractivity contribution in [3.63, 3.8) is 0 Å². The van der Waals surface area contributed by atoms with E-state index in [-0.39, 0.29) is 5.41 Å². The quantitative estimate of drug-likeness (QED) is 0.598. The van der Waals surface area contributed by atoms with Gasteiger partial charge in [0, 0.05) is 27.7 Å². The van der Waals surface area contributed by atoms with Crippen LogP contribution < -0.4 is 0 Å². The van der Waals surface area contributed by atoms with Crippen LogP contribution in [0.25, 0.3) is 0 Å². The Kier molecular flexibility index (Phi) is 7.23. The van der Waals surface area contributed by atoms with Gasteiger partial charge in [-0.25, -0.2) is 0 Å². The minimum atomic E-state index is -1.02. The summed E-state index contributed by atoms with van der Waals surface area (Å²) < 4.78 is 11.3. The van der Waals surface area contributed by atoms with Crippen LogP contribution in [0.15, 0.2) is 0 Å². The molecule has 3 heteroatoms. The molecule has 120 valence electrons. The molecular weight excluding hydrogens is 264 g/mol. The van der Waals surface area contributed by atoms with E-state index in [1.807, 2.05) is 14.2 Å². The average molecular weight is 301 g/mol. The maximum atomic E-state index is 5.65. The Morgan fingerprint density at radius 3 is 2.10 bits per heavy atom. The van der Waals surface area contributed by atoms with Gasteiger partial charge in [-0.1, -0.05) is 45.5 Å². The molecule has 0 saturated heterocycles. The van der Waals surface area contributed by atoms with Gasteiger partial charge in [-0.05, 0) is 31.1 Å². The second-order valence-corrected chi connectivity index (χ2v) is 13.9. The molecule has 1 rings (SSSR count). The van der Waals surface area contributed by atoms with Crippen molar-refractivity contribution in [1.29, 1.82) is 0 Å². The Morgan fingerprint density at radius 2 is 1.65 bits per heavy atom. The number of ether oxygens (including phenoxy) is 2. The molecule has 0 bridgehead atoms. The van der Waals surface area contributed by atoms with E-state index >= 15 is 0 Å². The summed E-state index contributed by atoms with van der Waals surface area (Å²) in [4.78, 5) is 0. The molecule has 2 atom stereocenters. The lowest BCUT2D eigenvalue weighted by Gasteiger charge is -2.44. The maximum Gasteiger partial charge on any atom is 0.0543 e. The summed E-state index contributed by atoms with van der Waals surface area (Å²) in [5, 5.41) is 0. The molecule has 0 aromatic heterocycles. The van der Waals surface area contributed by atoms with Crippen LogP contribution in [-0.2, 0) is 9.47 Å². The third-order valence-corrected chi connectivity index (χ3v) is 6.79. The monoisotopic (exact) mass is 300 g/mol. The smallest absolute Gasteiger partial charge is 0.0543 e. The fourth-order valence-electron chi connectivity index (χ4n) is 3.81. The van der Waals surface area contributed by atoms with Crippen molar-refractivity contribution in [3.8, 4) is 0 Å². The standard InChI is InChI=1S/C17H36O2Si/c1-15-8-7-9-16(12-15)17(13-18-2,14-19-3)10-11-20(4,5)6/h15-16H,7-14H2,1-6H3. The van der Waals surface area contributed by atoms with Gasteiger partial charge in [0.15, 0.2) is 0 Å². The molecule has 0 heterocycles. The molecule has 20 heavy (non-hydrogen) atoms. The molecule has 1 saturated carbocycles. The molecule has 1 fully saturated rings. The van der Waals surface area contributed by atoms with Gasteiger partial charge >= 0.3 is 0 Å². The highest BCUT2D eigenvalue weighted by atomic mass is 28.3. The van der Waals surface area contributed by atoms with E-state index < -0.39 is 8.07 Å². The van der Waals surface area contributed by atoms with Crippen molar-refractivity contribution in [2.75, 3.05) is 27.4 Å². The van der Waals surface area contributed by atoms with Gasteiger partial charge in [0.1, 0.15) is 0 Å². The molecule has 0 aromatic rings. The molecule has 0 spiro atoms. The van der Waals surface area contributed by atoms with Crippen molar-refractivity contribution in [2.24, 2.45) is 17.3 Å². The van der Waals surface area contributed by atoms with Crippen molar-refractivity contribution in [2.45, 2.75) is 64.7 Å². The van der Waals surface area contributed by atoms with Crippen molar-refractivity contribution in [1.82, 2.24) is 0 Å². The van der Waals surface area contributed by atoms with Crippen LogP contribution >= 0.6 is 0 Å². The van der Waals surface area contributed by atoms with Gasteiger partial charge < -0.3 is 9.47 Å². The largest absolute Gasteiger partial charge is 0.384 e. The van der Waals surface area contributed by atoms with Crippen LogP contribution in [0.3, 0.4) is 0 Å². The number of rotatable bonds is 8. The lowest BCUT2D eigenvalue weighted by atomic mass is 9.66. The summed E-state index contributed by atoms with van der Waals surface area (Å²) in [5.74, 6) is 1.65. The Labute approximate surface area is 127 Å². The topological polar surface area (TPSA) is 18.5 Å². The molecule has 0 radical (unpaired) electrons. The Balaban J connectivity index is 2.84. The zero-order valence-electron chi connectivity index (χ0n) is 14.6. The summed E-state index contributed by atoms with van der Waals surface area (Å²) in [6.45, 7) is 11.6. The highest BCUT2D eigenvalue weighted by Gasteiger charge is 2.41. The molecule has 0 amide bonds. The second-order valence-electron chi connectivity index (χ2n) is 8.26. The predicted molar refractivity (Wildman–Crippen MR) is 90.1 cm³/mol. The van der Waals surface area contributed by atoms with E-state index in [0.717, 1.165) is 25.0 Å². The minimum Gasteiger partial charge on any atom is -0.384 e. The van der Waals surface area contributed by atoms with Crippen LogP contribution in [0.4, 0.5) is 0 Å². The molecule has 1 aliphatic rings. The minimum absolute atomic E-state index is 0.248. The van der Waals surface area contributed by atoms with E-state index in [1.54, 1.807) is 0 Å². The van der Waals surface area contributed by atoms with Gasteiger partial charge in [0.05, 0.1) is 13.2 Å². The fraction of sp³-hybridized carbons (Fsp3) is 1.00. The van der Waals surface area contributed by atoms with E-state index in [2.05, 4.69) is 26.6 Å². The zero-order valence-corrected chi connectivity index (χ0v) is 15.6. The molecule has 1 aliphatic carbocycles. The SMILES string of the molecule is COCC(CC[Si](C)(C)C)(COC)C1CCCC(C)C1. The summed E-state index contributed by atoms with van der Waals surface area (Å²) in [7, 11) is 2.69. The van der Waals surface area contributed by atoms with Crippen molar-refractivity contribution >= 4 is 8.07 Å². The van der Waals surface area contributed by atoms with Crippen LogP contribution in [0.2, 0.25) is 25.7 Å². The van der Waals surface area contributed by atoms with Gasteiger partial charge in [0.2, 0.25) is 0 Å². The average Bonchev–Trinajstić information content (AvgIpc) is 2.35. The third-order valence-electron chi connectivity index (χ3n) is 5.04. The number of hydrogen-bond acceptors (Lipinski definition) is 2. The summed E-state index contributed by atoms with van der Waals surface area (Å²) in [6, 6.07) is 1.38.